The zero-order valence-corrected chi connectivity index (χ0v) is 19.9. The van der Waals surface area contributed by atoms with Gasteiger partial charge < -0.3 is 14.2 Å². The maximum atomic E-state index is 13.3. The molecule has 172 valence electrons. The highest BCUT2D eigenvalue weighted by Gasteiger charge is 2.46. The fourth-order valence-electron chi connectivity index (χ4n) is 3.02. The smallest absolute Gasteiger partial charge is 0.344 e. The summed E-state index contributed by atoms with van der Waals surface area (Å²) in [6.07, 6.45) is 0. The number of hydrogen-bond donors (Lipinski definition) is 0. The molecule has 1 heterocycles. The van der Waals surface area contributed by atoms with Gasteiger partial charge in [0.2, 0.25) is 0 Å². The molecule has 1 amide bonds. The predicted octanol–water partition coefficient (Wildman–Crippen LogP) is 3.70. The zero-order chi connectivity index (χ0) is 23.5. The van der Waals surface area contributed by atoms with Crippen LogP contribution in [0.25, 0.3) is 0 Å². The van der Waals surface area contributed by atoms with Crippen LogP contribution in [-0.4, -0.2) is 49.3 Å². The number of carbonyl (C=O) groups excluding carboxylic acids is 2. The van der Waals surface area contributed by atoms with E-state index in [2.05, 4.69) is 0 Å². The van der Waals surface area contributed by atoms with E-state index >= 15 is 0 Å². The van der Waals surface area contributed by atoms with Crippen molar-refractivity contribution in [1.29, 1.82) is 0 Å². The Morgan fingerprint density at radius 3 is 2.31 bits per heavy atom. The number of ether oxygens (including phenoxy) is 3. The van der Waals surface area contributed by atoms with Crippen molar-refractivity contribution >= 4 is 33.7 Å². The van der Waals surface area contributed by atoms with Crippen molar-refractivity contribution in [3.05, 3.63) is 48.0 Å². The van der Waals surface area contributed by atoms with E-state index < -0.39 is 34.1 Å². The van der Waals surface area contributed by atoms with Crippen molar-refractivity contribution in [3.8, 4) is 11.5 Å². The number of benzene rings is 2. The molecule has 2 aromatic rings. The van der Waals surface area contributed by atoms with E-state index in [1.807, 2.05) is 30.3 Å². The van der Waals surface area contributed by atoms with Crippen molar-refractivity contribution in [2.24, 2.45) is 0 Å². The summed E-state index contributed by atoms with van der Waals surface area (Å²) in [5.74, 6) is -1.42. The number of rotatable bonds is 8. The quantitative estimate of drug-likeness (QED) is 0.417. The van der Waals surface area contributed by atoms with Crippen LogP contribution in [0.1, 0.15) is 38.1 Å². The summed E-state index contributed by atoms with van der Waals surface area (Å²) in [6, 6.07) is 12.0. The molecular weight excluding hydrogens is 454 g/mol. The number of carbonyl (C=O) groups is 2. The minimum atomic E-state index is -4.21. The Balaban J connectivity index is 1.92. The first-order valence-electron chi connectivity index (χ1n) is 9.94. The van der Waals surface area contributed by atoms with Gasteiger partial charge in [-0.3, -0.25) is 4.79 Å². The molecular formula is C22H25NO7S2. The number of thioether (sulfide) groups is 1. The summed E-state index contributed by atoms with van der Waals surface area (Å²) in [5.41, 5.74) is -0.809. The van der Waals surface area contributed by atoms with Gasteiger partial charge in [0.05, 0.1) is 12.5 Å². The highest BCUT2D eigenvalue weighted by Crippen LogP contribution is 2.43. The normalized spacial score (nSPS) is 14.8. The summed E-state index contributed by atoms with van der Waals surface area (Å²) < 4.78 is 43.6. The van der Waals surface area contributed by atoms with Gasteiger partial charge >= 0.3 is 5.97 Å². The van der Waals surface area contributed by atoms with Crippen LogP contribution in [-0.2, 0) is 19.6 Å². The molecule has 0 aromatic heterocycles. The topological polar surface area (TPSA) is 99.2 Å². The third-order valence-electron chi connectivity index (χ3n) is 4.23. The molecule has 32 heavy (non-hydrogen) atoms. The second-order valence-electron chi connectivity index (χ2n) is 7.82. The minimum absolute atomic E-state index is 0.0952. The second kappa shape index (κ2) is 9.41. The highest BCUT2D eigenvalue weighted by molar-refractivity contribution is 8.00. The lowest BCUT2D eigenvalue weighted by Crippen LogP contribution is -2.30. The first-order chi connectivity index (χ1) is 15.0. The molecule has 0 fully saturated rings. The highest BCUT2D eigenvalue weighted by atomic mass is 32.2. The van der Waals surface area contributed by atoms with E-state index in [0.29, 0.717) is 0 Å². The minimum Gasteiger partial charge on any atom is -0.493 e. The van der Waals surface area contributed by atoms with Gasteiger partial charge in [-0.15, -0.1) is 11.8 Å². The molecule has 0 bridgehead atoms. The SMILES string of the molecule is CCOc1ccc(OCC(=O)OC(C)(C)C)c2c1C(=O)N(CSc1ccccc1)S2(=O)=O. The fourth-order valence-corrected chi connectivity index (χ4v) is 5.83. The maximum absolute atomic E-state index is 13.3. The van der Waals surface area contributed by atoms with Crippen LogP contribution in [0.3, 0.4) is 0 Å². The number of amides is 1. The fraction of sp³-hybridized carbons (Fsp3) is 0.364. The number of sulfonamides is 1. The Labute approximate surface area is 191 Å². The molecule has 10 heteroatoms. The number of hydrogen-bond acceptors (Lipinski definition) is 8. The van der Waals surface area contributed by atoms with Crippen molar-refractivity contribution < 1.29 is 32.2 Å². The van der Waals surface area contributed by atoms with Crippen LogP contribution < -0.4 is 9.47 Å². The van der Waals surface area contributed by atoms with Gasteiger partial charge in [-0.25, -0.2) is 17.5 Å². The van der Waals surface area contributed by atoms with Gasteiger partial charge in [0.25, 0.3) is 15.9 Å². The van der Waals surface area contributed by atoms with Gasteiger partial charge in [0, 0.05) is 4.90 Å². The Morgan fingerprint density at radius 2 is 1.69 bits per heavy atom. The van der Waals surface area contributed by atoms with Crippen molar-refractivity contribution in [2.75, 3.05) is 19.1 Å². The van der Waals surface area contributed by atoms with E-state index in [9.17, 15) is 18.0 Å². The van der Waals surface area contributed by atoms with E-state index in [-0.39, 0.29) is 34.4 Å². The lowest BCUT2D eigenvalue weighted by Gasteiger charge is -2.20. The number of esters is 1. The first-order valence-corrected chi connectivity index (χ1v) is 12.4. The van der Waals surface area contributed by atoms with Gasteiger partial charge in [-0.1, -0.05) is 18.2 Å². The summed E-state index contributed by atoms with van der Waals surface area (Å²) in [5, 5.41) is 0. The zero-order valence-electron chi connectivity index (χ0n) is 18.3. The summed E-state index contributed by atoms with van der Waals surface area (Å²) in [6.45, 7) is 6.62. The Hall–Kier alpha value is -2.72. The molecule has 0 unspecified atom stereocenters. The Bertz CT molecular complexity index is 1110. The van der Waals surface area contributed by atoms with Crippen LogP contribution in [0.5, 0.6) is 11.5 Å². The van der Waals surface area contributed by atoms with E-state index in [0.717, 1.165) is 9.20 Å². The predicted molar refractivity (Wildman–Crippen MR) is 119 cm³/mol. The van der Waals surface area contributed by atoms with Crippen LogP contribution in [0.2, 0.25) is 0 Å². The lowest BCUT2D eigenvalue weighted by molar-refractivity contribution is -0.157. The third kappa shape index (κ3) is 5.18. The molecule has 0 spiro atoms. The van der Waals surface area contributed by atoms with Crippen LogP contribution in [0.15, 0.2) is 52.3 Å². The van der Waals surface area contributed by atoms with Crippen LogP contribution >= 0.6 is 11.8 Å². The summed E-state index contributed by atoms with van der Waals surface area (Å²) in [4.78, 5) is 25.7. The number of fused-ring (bicyclic) bond motifs is 1. The molecule has 0 N–H and O–H groups in total. The average molecular weight is 480 g/mol. The standard InChI is InChI=1S/C22H25NO7S2/c1-5-28-16-11-12-17(29-13-18(24)30-22(2,3)4)20-19(16)21(25)23(32(20,26)27)14-31-15-9-7-6-8-10-15/h6-12H,5,13-14H2,1-4H3. The molecule has 0 atom stereocenters. The first kappa shape index (κ1) is 23.9. The monoisotopic (exact) mass is 479 g/mol. The number of nitrogens with zero attached hydrogens (tertiary/aromatic N) is 1. The molecule has 2 aromatic carbocycles. The molecule has 0 radical (unpaired) electrons. The largest absolute Gasteiger partial charge is 0.493 e. The molecule has 1 aliphatic heterocycles. The van der Waals surface area contributed by atoms with Gasteiger partial charge in [0.15, 0.2) is 6.61 Å². The van der Waals surface area contributed by atoms with E-state index in [4.69, 9.17) is 14.2 Å². The van der Waals surface area contributed by atoms with Gasteiger partial charge in [0.1, 0.15) is 27.6 Å². The van der Waals surface area contributed by atoms with E-state index in [1.54, 1.807) is 27.7 Å². The lowest BCUT2D eigenvalue weighted by atomic mass is 10.1. The Morgan fingerprint density at radius 1 is 1.03 bits per heavy atom. The van der Waals surface area contributed by atoms with Gasteiger partial charge in [-0.05, 0) is 52.0 Å². The average Bonchev–Trinajstić information content (AvgIpc) is 2.92. The summed E-state index contributed by atoms with van der Waals surface area (Å²) in [7, 11) is -4.21. The molecule has 0 saturated heterocycles. The summed E-state index contributed by atoms with van der Waals surface area (Å²) >= 11 is 1.21. The Kier molecular flexibility index (Phi) is 7.04. The molecule has 1 aliphatic rings. The third-order valence-corrected chi connectivity index (χ3v) is 7.18. The van der Waals surface area contributed by atoms with Crippen molar-refractivity contribution in [2.45, 2.75) is 43.1 Å². The second-order valence-corrected chi connectivity index (χ2v) is 10.6. The molecule has 3 rings (SSSR count). The van der Waals surface area contributed by atoms with Crippen molar-refractivity contribution in [3.63, 3.8) is 0 Å². The molecule has 8 nitrogen and oxygen atoms in total. The van der Waals surface area contributed by atoms with Crippen LogP contribution in [0.4, 0.5) is 0 Å². The van der Waals surface area contributed by atoms with Gasteiger partial charge in [-0.2, -0.15) is 0 Å². The maximum Gasteiger partial charge on any atom is 0.344 e. The van der Waals surface area contributed by atoms with Crippen LogP contribution in [0, 0.1) is 0 Å². The van der Waals surface area contributed by atoms with E-state index in [1.165, 1.54) is 23.9 Å². The molecule has 0 saturated carbocycles. The van der Waals surface area contributed by atoms with Crippen molar-refractivity contribution in [1.82, 2.24) is 4.31 Å². The molecule has 0 aliphatic carbocycles.